The van der Waals surface area contributed by atoms with Crippen molar-refractivity contribution >= 4 is 23.0 Å². The fraction of sp³-hybridized carbons (Fsp3) is 0.533. The molecule has 0 saturated heterocycles. The Bertz CT molecular complexity index is 467. The summed E-state index contributed by atoms with van der Waals surface area (Å²) in [5, 5.41) is 6.31. The van der Waals surface area contributed by atoms with E-state index in [1.807, 2.05) is 12.1 Å². The van der Waals surface area contributed by atoms with Crippen molar-refractivity contribution in [2.45, 2.75) is 39.5 Å². The molecule has 0 spiro atoms. The van der Waals surface area contributed by atoms with E-state index in [0.29, 0.717) is 12.3 Å². The van der Waals surface area contributed by atoms with Gasteiger partial charge in [0, 0.05) is 18.7 Å². The Hall–Kier alpha value is -1.71. The van der Waals surface area contributed by atoms with E-state index in [2.05, 4.69) is 24.5 Å². The summed E-state index contributed by atoms with van der Waals surface area (Å²) in [6, 6.07) is 3.94. The average molecular weight is 261 g/mol. The first-order valence-electron chi connectivity index (χ1n) is 7.10. The molecule has 4 nitrogen and oxygen atoms in total. The average Bonchev–Trinajstić information content (AvgIpc) is 2.40. The zero-order valence-electron chi connectivity index (χ0n) is 11.8. The number of hydrogen-bond acceptors (Lipinski definition) is 3. The van der Waals surface area contributed by atoms with E-state index in [4.69, 9.17) is 5.73 Å². The molecule has 0 bridgehead atoms. The number of fused-ring (bicyclic) bond motifs is 1. The van der Waals surface area contributed by atoms with E-state index in [9.17, 15) is 4.79 Å². The number of nitrogen functional groups attached to an aromatic ring is 1. The minimum atomic E-state index is 0.0863. The number of carbonyl (C=O) groups excluding carboxylic acids is 1. The summed E-state index contributed by atoms with van der Waals surface area (Å²) in [6.07, 6.45) is 3.64. The van der Waals surface area contributed by atoms with Crippen molar-refractivity contribution in [3.05, 3.63) is 17.7 Å². The van der Waals surface area contributed by atoms with Gasteiger partial charge in [0.15, 0.2) is 0 Å². The Kier molecular flexibility index (Phi) is 4.30. The van der Waals surface area contributed by atoms with Crippen LogP contribution >= 0.6 is 0 Å². The molecule has 4 heteroatoms. The molecular formula is C15H23N3O. The molecule has 1 aromatic rings. The highest BCUT2D eigenvalue weighted by atomic mass is 16.1. The lowest BCUT2D eigenvalue weighted by atomic mass is 10.0. The molecule has 0 unspecified atom stereocenters. The highest BCUT2D eigenvalue weighted by molar-refractivity contribution is 5.95. The maximum atomic E-state index is 11.4. The first-order valence-corrected chi connectivity index (χ1v) is 7.10. The highest BCUT2D eigenvalue weighted by Gasteiger charge is 2.16. The molecule has 0 aromatic heterocycles. The van der Waals surface area contributed by atoms with Crippen LogP contribution in [0, 0.1) is 5.92 Å². The van der Waals surface area contributed by atoms with Crippen LogP contribution in [0.2, 0.25) is 0 Å². The van der Waals surface area contributed by atoms with Gasteiger partial charge in [-0.25, -0.2) is 0 Å². The Morgan fingerprint density at radius 2 is 2.05 bits per heavy atom. The maximum Gasteiger partial charge on any atom is 0.224 e. The number of nitrogens with two attached hydrogens (primary N) is 1. The van der Waals surface area contributed by atoms with Crippen LogP contribution in [0.3, 0.4) is 0 Å². The van der Waals surface area contributed by atoms with E-state index in [-0.39, 0.29) is 5.91 Å². The normalized spacial score (nSPS) is 14.2. The van der Waals surface area contributed by atoms with Crippen molar-refractivity contribution in [3.63, 3.8) is 0 Å². The Morgan fingerprint density at radius 3 is 2.74 bits per heavy atom. The van der Waals surface area contributed by atoms with E-state index in [1.54, 1.807) is 0 Å². The molecule has 0 atom stereocenters. The van der Waals surface area contributed by atoms with Crippen LogP contribution in [0.5, 0.6) is 0 Å². The van der Waals surface area contributed by atoms with Gasteiger partial charge in [0.25, 0.3) is 0 Å². The topological polar surface area (TPSA) is 67.1 Å². The van der Waals surface area contributed by atoms with Crippen LogP contribution in [0.4, 0.5) is 17.1 Å². The highest BCUT2D eigenvalue weighted by Crippen LogP contribution is 2.31. The molecule has 2 rings (SSSR count). The van der Waals surface area contributed by atoms with Crippen LogP contribution in [0.1, 0.15) is 38.7 Å². The van der Waals surface area contributed by atoms with Gasteiger partial charge in [-0.05, 0) is 30.0 Å². The third-order valence-corrected chi connectivity index (χ3v) is 3.91. The van der Waals surface area contributed by atoms with Crippen molar-refractivity contribution < 1.29 is 4.79 Å². The molecule has 0 radical (unpaired) electrons. The minimum absolute atomic E-state index is 0.0863. The van der Waals surface area contributed by atoms with Gasteiger partial charge in [0.2, 0.25) is 5.91 Å². The Balaban J connectivity index is 2.13. The number of benzene rings is 1. The van der Waals surface area contributed by atoms with Crippen LogP contribution in [-0.4, -0.2) is 12.5 Å². The molecule has 1 amide bonds. The van der Waals surface area contributed by atoms with Gasteiger partial charge in [-0.3, -0.25) is 4.79 Å². The van der Waals surface area contributed by atoms with E-state index < -0.39 is 0 Å². The minimum Gasteiger partial charge on any atom is -0.397 e. The maximum absolute atomic E-state index is 11.4. The number of aryl methyl sites for hydroxylation is 1. The number of rotatable bonds is 5. The summed E-state index contributed by atoms with van der Waals surface area (Å²) >= 11 is 0. The van der Waals surface area contributed by atoms with Crippen molar-refractivity contribution in [2.75, 3.05) is 22.9 Å². The third kappa shape index (κ3) is 3.19. The number of amides is 1. The van der Waals surface area contributed by atoms with E-state index in [0.717, 1.165) is 48.4 Å². The van der Waals surface area contributed by atoms with E-state index in [1.165, 1.54) is 0 Å². The molecular weight excluding hydrogens is 238 g/mol. The van der Waals surface area contributed by atoms with Crippen LogP contribution < -0.4 is 16.4 Å². The third-order valence-electron chi connectivity index (χ3n) is 3.91. The first-order chi connectivity index (χ1) is 9.13. The second-order valence-corrected chi connectivity index (χ2v) is 5.21. The van der Waals surface area contributed by atoms with Gasteiger partial charge < -0.3 is 16.4 Å². The van der Waals surface area contributed by atoms with Gasteiger partial charge in [-0.15, -0.1) is 0 Å². The predicted molar refractivity (Wildman–Crippen MR) is 80.4 cm³/mol. The Morgan fingerprint density at radius 1 is 1.32 bits per heavy atom. The summed E-state index contributed by atoms with van der Waals surface area (Å²) < 4.78 is 0. The number of hydrogen-bond donors (Lipinski definition) is 3. The number of anilines is 3. The molecule has 1 aromatic carbocycles. The molecule has 0 aliphatic carbocycles. The molecule has 1 aliphatic rings. The summed E-state index contributed by atoms with van der Waals surface area (Å²) in [7, 11) is 0. The van der Waals surface area contributed by atoms with Gasteiger partial charge >= 0.3 is 0 Å². The smallest absolute Gasteiger partial charge is 0.224 e. The van der Waals surface area contributed by atoms with Gasteiger partial charge in [0.1, 0.15) is 0 Å². The second-order valence-electron chi connectivity index (χ2n) is 5.21. The van der Waals surface area contributed by atoms with Crippen molar-refractivity contribution in [3.8, 4) is 0 Å². The fourth-order valence-electron chi connectivity index (χ4n) is 2.43. The monoisotopic (exact) mass is 261 g/mol. The molecule has 1 aliphatic heterocycles. The predicted octanol–water partition coefficient (Wildman–Crippen LogP) is 3.00. The summed E-state index contributed by atoms with van der Waals surface area (Å²) in [5.74, 6) is 0.744. The largest absolute Gasteiger partial charge is 0.397 e. The molecule has 19 heavy (non-hydrogen) atoms. The van der Waals surface area contributed by atoms with Gasteiger partial charge in [0.05, 0.1) is 11.4 Å². The quantitative estimate of drug-likeness (QED) is 0.714. The lowest BCUT2D eigenvalue weighted by Crippen LogP contribution is -2.20. The zero-order chi connectivity index (χ0) is 13.8. The number of carbonyl (C=O) groups is 1. The zero-order valence-corrected chi connectivity index (χ0v) is 11.8. The molecule has 104 valence electrons. The fourth-order valence-corrected chi connectivity index (χ4v) is 2.43. The van der Waals surface area contributed by atoms with Crippen LogP contribution in [0.25, 0.3) is 0 Å². The molecule has 0 saturated carbocycles. The van der Waals surface area contributed by atoms with E-state index >= 15 is 0 Å². The van der Waals surface area contributed by atoms with Gasteiger partial charge in [-0.2, -0.15) is 0 Å². The second kappa shape index (κ2) is 5.95. The lowest BCUT2D eigenvalue weighted by Gasteiger charge is -2.21. The molecule has 1 heterocycles. The van der Waals surface area contributed by atoms with Crippen LogP contribution in [-0.2, 0) is 11.2 Å². The SMILES string of the molecule is CCC(CC)CNc1cc2c(cc1N)CCC(=O)N2. The molecule has 4 N–H and O–H groups in total. The Labute approximate surface area is 114 Å². The summed E-state index contributed by atoms with van der Waals surface area (Å²) in [5.41, 5.74) is 9.79. The summed E-state index contributed by atoms with van der Waals surface area (Å²) in [4.78, 5) is 11.4. The number of nitrogens with one attached hydrogen (secondary N) is 2. The van der Waals surface area contributed by atoms with Crippen molar-refractivity contribution in [1.29, 1.82) is 0 Å². The summed E-state index contributed by atoms with van der Waals surface area (Å²) in [6.45, 7) is 5.32. The van der Waals surface area contributed by atoms with Crippen LogP contribution in [0.15, 0.2) is 12.1 Å². The van der Waals surface area contributed by atoms with Crippen molar-refractivity contribution in [2.24, 2.45) is 5.92 Å². The van der Waals surface area contributed by atoms with Gasteiger partial charge in [-0.1, -0.05) is 26.7 Å². The molecule has 0 fully saturated rings. The standard InChI is InChI=1S/C15H23N3O/c1-3-10(4-2)9-17-14-8-13-11(7-12(14)16)5-6-15(19)18-13/h7-8,10,17H,3-6,9,16H2,1-2H3,(H,18,19). The first kappa shape index (κ1) is 13.7. The van der Waals surface area contributed by atoms with Crippen molar-refractivity contribution in [1.82, 2.24) is 0 Å². The lowest BCUT2D eigenvalue weighted by molar-refractivity contribution is -0.116.